The molecular weight excluding hydrogens is 258 g/mol. The highest BCUT2D eigenvalue weighted by molar-refractivity contribution is 5.43. The number of rotatable bonds is 6. The zero-order chi connectivity index (χ0) is 14.5. The Labute approximate surface area is 129 Å². The van der Waals surface area contributed by atoms with Crippen molar-refractivity contribution in [1.29, 1.82) is 0 Å². The molecule has 1 aliphatic heterocycles. The van der Waals surface area contributed by atoms with Crippen LogP contribution in [-0.4, -0.2) is 29.0 Å². The third-order valence-electron chi connectivity index (χ3n) is 5.12. The largest absolute Gasteiger partial charge is 0.385 e. The summed E-state index contributed by atoms with van der Waals surface area (Å²) in [5, 5.41) is 3.47. The summed E-state index contributed by atoms with van der Waals surface area (Å²) in [4.78, 5) is 7.29. The van der Waals surface area contributed by atoms with Crippen molar-refractivity contribution in [3.05, 3.63) is 24.0 Å². The lowest BCUT2D eigenvalue weighted by Crippen LogP contribution is -2.34. The number of anilines is 1. The summed E-state index contributed by atoms with van der Waals surface area (Å²) in [6, 6.07) is 5.14. The summed E-state index contributed by atoms with van der Waals surface area (Å²) >= 11 is 0. The molecule has 1 atom stereocenters. The molecule has 1 aromatic rings. The number of pyridine rings is 1. The van der Waals surface area contributed by atoms with Gasteiger partial charge in [-0.05, 0) is 56.7 Å². The number of aromatic nitrogens is 1. The van der Waals surface area contributed by atoms with E-state index in [1.54, 1.807) is 0 Å². The minimum atomic E-state index is 0.821. The van der Waals surface area contributed by atoms with Crippen molar-refractivity contribution < 1.29 is 0 Å². The maximum absolute atomic E-state index is 4.59. The molecule has 116 valence electrons. The van der Waals surface area contributed by atoms with Gasteiger partial charge < -0.3 is 5.32 Å². The second-order valence-corrected chi connectivity index (χ2v) is 6.69. The Bertz CT molecular complexity index is 440. The molecule has 1 aromatic heterocycles. The summed E-state index contributed by atoms with van der Waals surface area (Å²) in [5.74, 6) is 0.953. The molecule has 3 nitrogen and oxygen atoms in total. The first-order chi connectivity index (χ1) is 10.4. The molecule has 21 heavy (non-hydrogen) atoms. The molecule has 1 saturated heterocycles. The lowest BCUT2D eigenvalue weighted by atomic mass is 9.96. The number of nitrogens with one attached hydrogen (secondary N) is 1. The van der Waals surface area contributed by atoms with Crippen LogP contribution in [0.2, 0.25) is 0 Å². The maximum atomic E-state index is 4.59. The molecular formula is C18H29N3. The van der Waals surface area contributed by atoms with Crippen molar-refractivity contribution >= 4 is 5.69 Å². The van der Waals surface area contributed by atoms with E-state index in [2.05, 4.69) is 34.3 Å². The van der Waals surface area contributed by atoms with Crippen LogP contribution in [0.5, 0.6) is 0 Å². The molecule has 0 amide bonds. The van der Waals surface area contributed by atoms with Crippen molar-refractivity contribution in [3.8, 4) is 0 Å². The summed E-state index contributed by atoms with van der Waals surface area (Å²) in [6.07, 6.45) is 11.7. The van der Waals surface area contributed by atoms with Gasteiger partial charge in [0.05, 0.1) is 5.69 Å². The van der Waals surface area contributed by atoms with Gasteiger partial charge in [-0.2, -0.15) is 0 Å². The highest BCUT2D eigenvalue weighted by Gasteiger charge is 2.33. The van der Waals surface area contributed by atoms with Crippen molar-refractivity contribution in [3.63, 3.8) is 0 Å². The molecule has 1 N–H and O–H groups in total. The van der Waals surface area contributed by atoms with Crippen molar-refractivity contribution in [2.75, 3.05) is 18.4 Å². The Balaban J connectivity index is 1.62. The summed E-state index contributed by atoms with van der Waals surface area (Å²) < 4.78 is 0. The van der Waals surface area contributed by atoms with Gasteiger partial charge in [0.15, 0.2) is 0 Å². The first kappa shape index (κ1) is 14.8. The molecule has 2 heterocycles. The van der Waals surface area contributed by atoms with Gasteiger partial charge in [-0.1, -0.05) is 19.8 Å². The van der Waals surface area contributed by atoms with E-state index in [4.69, 9.17) is 0 Å². The van der Waals surface area contributed by atoms with Gasteiger partial charge >= 0.3 is 0 Å². The van der Waals surface area contributed by atoms with Crippen LogP contribution in [0.15, 0.2) is 18.3 Å². The lowest BCUT2D eigenvalue weighted by Gasteiger charge is -2.29. The molecule has 3 rings (SSSR count). The van der Waals surface area contributed by atoms with E-state index in [1.807, 2.05) is 6.20 Å². The predicted molar refractivity (Wildman–Crippen MR) is 88.4 cm³/mol. The molecule has 2 fully saturated rings. The SMILES string of the molecule is CCCNc1ccnc(CN2CCCC2C2CCCC2)c1. The van der Waals surface area contributed by atoms with Crippen LogP contribution in [0.1, 0.15) is 57.6 Å². The first-order valence-electron chi connectivity index (χ1n) is 8.79. The van der Waals surface area contributed by atoms with Gasteiger partial charge in [0.2, 0.25) is 0 Å². The number of hydrogen-bond acceptors (Lipinski definition) is 3. The third-order valence-corrected chi connectivity index (χ3v) is 5.12. The summed E-state index contributed by atoms with van der Waals surface area (Å²) in [7, 11) is 0. The van der Waals surface area contributed by atoms with Crippen LogP contribution in [0.4, 0.5) is 5.69 Å². The minimum Gasteiger partial charge on any atom is -0.385 e. The quantitative estimate of drug-likeness (QED) is 0.855. The Morgan fingerprint density at radius 2 is 2.10 bits per heavy atom. The van der Waals surface area contributed by atoms with Crippen LogP contribution in [0.25, 0.3) is 0 Å². The third kappa shape index (κ3) is 3.76. The second kappa shape index (κ2) is 7.26. The van der Waals surface area contributed by atoms with E-state index in [9.17, 15) is 0 Å². The molecule has 0 spiro atoms. The van der Waals surface area contributed by atoms with Crippen molar-refractivity contribution in [1.82, 2.24) is 9.88 Å². The summed E-state index contributed by atoms with van der Waals surface area (Å²) in [6.45, 7) is 5.53. The normalized spacial score (nSPS) is 23.8. The number of hydrogen-bond donors (Lipinski definition) is 1. The van der Waals surface area contributed by atoms with E-state index >= 15 is 0 Å². The second-order valence-electron chi connectivity index (χ2n) is 6.69. The van der Waals surface area contributed by atoms with E-state index in [0.717, 1.165) is 31.5 Å². The highest BCUT2D eigenvalue weighted by Crippen LogP contribution is 2.35. The molecule has 0 radical (unpaired) electrons. The van der Waals surface area contributed by atoms with Gasteiger partial charge in [0.1, 0.15) is 0 Å². The Hall–Kier alpha value is -1.09. The zero-order valence-electron chi connectivity index (χ0n) is 13.4. The highest BCUT2D eigenvalue weighted by atomic mass is 15.2. The number of nitrogens with zero attached hydrogens (tertiary/aromatic N) is 2. The molecule has 3 heteroatoms. The molecule has 1 aliphatic carbocycles. The monoisotopic (exact) mass is 287 g/mol. The predicted octanol–water partition coefficient (Wildman–Crippen LogP) is 4.06. The molecule has 0 aromatic carbocycles. The lowest BCUT2D eigenvalue weighted by molar-refractivity contribution is 0.181. The fourth-order valence-corrected chi connectivity index (χ4v) is 4.08. The summed E-state index contributed by atoms with van der Waals surface area (Å²) in [5.41, 5.74) is 2.44. The average molecular weight is 287 g/mol. The van der Waals surface area contributed by atoms with Gasteiger partial charge in [0.25, 0.3) is 0 Å². The van der Waals surface area contributed by atoms with E-state index in [-0.39, 0.29) is 0 Å². The topological polar surface area (TPSA) is 28.2 Å². The molecule has 2 aliphatic rings. The van der Waals surface area contributed by atoms with Crippen LogP contribution in [0, 0.1) is 5.92 Å². The van der Waals surface area contributed by atoms with E-state index in [0.29, 0.717) is 0 Å². The number of likely N-dealkylation sites (tertiary alicyclic amines) is 1. The van der Waals surface area contributed by atoms with Crippen molar-refractivity contribution in [2.45, 2.75) is 64.5 Å². The van der Waals surface area contributed by atoms with E-state index in [1.165, 1.54) is 56.5 Å². The molecule has 1 saturated carbocycles. The van der Waals surface area contributed by atoms with Crippen molar-refractivity contribution in [2.24, 2.45) is 5.92 Å². The maximum Gasteiger partial charge on any atom is 0.0564 e. The average Bonchev–Trinajstić information content (AvgIpc) is 3.16. The fraction of sp³-hybridized carbons (Fsp3) is 0.722. The fourth-order valence-electron chi connectivity index (χ4n) is 4.08. The molecule has 0 bridgehead atoms. The minimum absolute atomic E-state index is 0.821. The first-order valence-corrected chi connectivity index (χ1v) is 8.79. The molecule has 1 unspecified atom stereocenters. The van der Waals surface area contributed by atoms with Gasteiger partial charge in [-0.3, -0.25) is 9.88 Å². The zero-order valence-corrected chi connectivity index (χ0v) is 13.4. The van der Waals surface area contributed by atoms with Gasteiger partial charge in [0, 0.05) is 31.0 Å². The van der Waals surface area contributed by atoms with Crippen LogP contribution in [0.3, 0.4) is 0 Å². The van der Waals surface area contributed by atoms with E-state index < -0.39 is 0 Å². The van der Waals surface area contributed by atoms with Gasteiger partial charge in [-0.15, -0.1) is 0 Å². The van der Waals surface area contributed by atoms with Gasteiger partial charge in [-0.25, -0.2) is 0 Å². The smallest absolute Gasteiger partial charge is 0.0564 e. The van der Waals surface area contributed by atoms with Crippen LogP contribution >= 0.6 is 0 Å². The van der Waals surface area contributed by atoms with Crippen LogP contribution in [-0.2, 0) is 6.54 Å². The van der Waals surface area contributed by atoms with Crippen LogP contribution < -0.4 is 5.32 Å². The Morgan fingerprint density at radius 1 is 1.24 bits per heavy atom. The standard InChI is InChI=1S/C18H29N3/c1-2-10-19-16-9-11-20-17(13-16)14-21-12-5-8-18(21)15-6-3-4-7-15/h9,11,13,15,18H,2-8,10,12,14H2,1H3,(H,19,20). The Kier molecular flexibility index (Phi) is 5.13. The Morgan fingerprint density at radius 3 is 2.90 bits per heavy atom.